The van der Waals surface area contributed by atoms with E-state index in [2.05, 4.69) is 46.9 Å². The van der Waals surface area contributed by atoms with Crippen LogP contribution in [0.5, 0.6) is 0 Å². The molecule has 0 aliphatic rings. The molecule has 0 bridgehead atoms. The van der Waals surface area contributed by atoms with E-state index in [4.69, 9.17) is 5.73 Å². The normalized spacial score (nSPS) is 10.2. The van der Waals surface area contributed by atoms with Gasteiger partial charge in [0.15, 0.2) is 5.82 Å². The lowest BCUT2D eigenvalue weighted by molar-refractivity contribution is 0.0602. The van der Waals surface area contributed by atoms with E-state index in [9.17, 15) is 4.79 Å². The van der Waals surface area contributed by atoms with E-state index in [1.807, 2.05) is 18.2 Å². The van der Waals surface area contributed by atoms with Crippen LogP contribution in [0.15, 0.2) is 39.4 Å². The summed E-state index contributed by atoms with van der Waals surface area (Å²) in [6.45, 7) is 0. The summed E-state index contributed by atoms with van der Waals surface area (Å²) < 4.78 is 6.46. The van der Waals surface area contributed by atoms with Crippen molar-refractivity contribution in [3.63, 3.8) is 0 Å². The average Bonchev–Trinajstić information content (AvgIpc) is 2.43. The van der Waals surface area contributed by atoms with E-state index in [1.54, 1.807) is 0 Å². The first-order valence-corrected chi connectivity index (χ1v) is 7.16. The summed E-state index contributed by atoms with van der Waals surface area (Å²) in [5.74, 6) is -0.0984. The highest BCUT2D eigenvalue weighted by atomic mass is 79.9. The molecule has 0 unspecified atom stereocenters. The van der Waals surface area contributed by atoms with Crippen molar-refractivity contribution >= 4 is 55.0 Å². The second-order valence-electron chi connectivity index (χ2n) is 3.86. The fourth-order valence-electron chi connectivity index (χ4n) is 1.58. The Bertz CT molecular complexity index is 662. The van der Waals surface area contributed by atoms with Crippen molar-refractivity contribution in [1.29, 1.82) is 0 Å². The number of pyridine rings is 1. The first-order chi connectivity index (χ1) is 9.52. The van der Waals surface area contributed by atoms with Gasteiger partial charge in [-0.25, -0.2) is 9.78 Å². The first kappa shape index (κ1) is 14.8. The standard InChI is InChI=1S/C13H11Br2N3O2/c1-20-13(19)8-4-5-17-12(11(8)16)18-10-3-2-7(14)6-9(10)15/h2-6H,16H2,1H3,(H,17,18). The monoisotopic (exact) mass is 399 g/mol. The van der Waals surface area contributed by atoms with Crippen LogP contribution in [0.2, 0.25) is 0 Å². The van der Waals surface area contributed by atoms with Crippen LogP contribution >= 0.6 is 31.9 Å². The third-order valence-corrected chi connectivity index (χ3v) is 3.73. The molecule has 0 saturated heterocycles. The fourth-order valence-corrected chi connectivity index (χ4v) is 2.73. The Balaban J connectivity index is 2.37. The van der Waals surface area contributed by atoms with Gasteiger partial charge < -0.3 is 15.8 Å². The summed E-state index contributed by atoms with van der Waals surface area (Å²) in [5.41, 5.74) is 7.24. The third-order valence-electron chi connectivity index (χ3n) is 2.58. The number of carbonyl (C=O) groups is 1. The lowest BCUT2D eigenvalue weighted by atomic mass is 10.2. The van der Waals surface area contributed by atoms with Gasteiger partial charge in [0.25, 0.3) is 0 Å². The van der Waals surface area contributed by atoms with Gasteiger partial charge in [-0.1, -0.05) is 15.9 Å². The summed E-state index contributed by atoms with van der Waals surface area (Å²) in [6, 6.07) is 7.15. The average molecular weight is 401 g/mol. The molecule has 3 N–H and O–H groups in total. The Morgan fingerprint density at radius 3 is 2.75 bits per heavy atom. The topological polar surface area (TPSA) is 77.2 Å². The minimum absolute atomic E-state index is 0.245. The molecule has 104 valence electrons. The highest BCUT2D eigenvalue weighted by Crippen LogP contribution is 2.31. The number of esters is 1. The number of carbonyl (C=O) groups excluding carboxylic acids is 1. The maximum Gasteiger partial charge on any atom is 0.340 e. The van der Waals surface area contributed by atoms with Crippen molar-refractivity contribution in [2.45, 2.75) is 0 Å². The highest BCUT2D eigenvalue weighted by molar-refractivity contribution is 9.11. The molecule has 2 rings (SSSR count). The second kappa shape index (κ2) is 6.23. The number of nitrogens with zero attached hydrogens (tertiary/aromatic N) is 1. The Labute approximate surface area is 132 Å². The van der Waals surface area contributed by atoms with Crippen molar-refractivity contribution in [1.82, 2.24) is 4.98 Å². The Morgan fingerprint density at radius 1 is 1.35 bits per heavy atom. The van der Waals surface area contributed by atoms with Crippen molar-refractivity contribution in [2.24, 2.45) is 0 Å². The lowest BCUT2D eigenvalue weighted by Gasteiger charge is -2.12. The molecule has 0 radical (unpaired) electrons. The number of halogens is 2. The van der Waals surface area contributed by atoms with Crippen molar-refractivity contribution in [3.05, 3.63) is 45.0 Å². The van der Waals surface area contributed by atoms with E-state index in [1.165, 1.54) is 19.4 Å². The van der Waals surface area contributed by atoms with Gasteiger partial charge >= 0.3 is 5.97 Å². The van der Waals surface area contributed by atoms with Crippen molar-refractivity contribution in [2.75, 3.05) is 18.2 Å². The van der Waals surface area contributed by atoms with Crippen LogP contribution < -0.4 is 11.1 Å². The number of hydrogen-bond donors (Lipinski definition) is 2. The third kappa shape index (κ3) is 3.10. The number of hydrogen-bond acceptors (Lipinski definition) is 5. The van der Waals surface area contributed by atoms with Gasteiger partial charge in [0, 0.05) is 15.1 Å². The summed E-state index contributed by atoms with van der Waals surface area (Å²) in [4.78, 5) is 15.7. The fraction of sp³-hybridized carbons (Fsp3) is 0.0769. The van der Waals surface area contributed by atoms with E-state index >= 15 is 0 Å². The number of ether oxygens (including phenoxy) is 1. The van der Waals surface area contributed by atoms with Crippen LogP contribution in [0, 0.1) is 0 Å². The molecule has 20 heavy (non-hydrogen) atoms. The van der Waals surface area contributed by atoms with Crippen molar-refractivity contribution in [3.8, 4) is 0 Å². The van der Waals surface area contributed by atoms with Crippen LogP contribution in [-0.2, 0) is 4.74 Å². The number of nitrogens with one attached hydrogen (secondary N) is 1. The number of anilines is 3. The molecule has 0 fully saturated rings. The van der Waals surface area contributed by atoms with E-state index in [-0.39, 0.29) is 11.3 Å². The molecule has 2 aromatic rings. The molecular formula is C13H11Br2N3O2. The zero-order chi connectivity index (χ0) is 14.7. The molecule has 0 saturated carbocycles. The molecule has 0 aliphatic carbocycles. The molecule has 0 atom stereocenters. The first-order valence-electron chi connectivity index (χ1n) is 5.57. The Hall–Kier alpha value is -1.60. The molecule has 1 aromatic heterocycles. The number of benzene rings is 1. The van der Waals surface area contributed by atoms with Crippen LogP contribution in [0.25, 0.3) is 0 Å². The number of rotatable bonds is 3. The maximum atomic E-state index is 11.6. The van der Waals surface area contributed by atoms with Crippen molar-refractivity contribution < 1.29 is 9.53 Å². The molecule has 1 aromatic carbocycles. The van der Waals surface area contributed by atoms with Gasteiger partial charge in [-0.2, -0.15) is 0 Å². The zero-order valence-electron chi connectivity index (χ0n) is 10.5. The summed E-state index contributed by atoms with van der Waals surface area (Å²) in [7, 11) is 1.31. The van der Waals surface area contributed by atoms with Gasteiger partial charge in [0.2, 0.25) is 0 Å². The molecular weight excluding hydrogens is 390 g/mol. The minimum Gasteiger partial charge on any atom is -0.465 e. The molecule has 5 nitrogen and oxygen atoms in total. The van der Waals surface area contributed by atoms with Crippen LogP contribution in [0.4, 0.5) is 17.2 Å². The summed E-state index contributed by atoms with van der Waals surface area (Å²) in [6.07, 6.45) is 1.50. The van der Waals surface area contributed by atoms with Crippen LogP contribution in [-0.4, -0.2) is 18.1 Å². The smallest absolute Gasteiger partial charge is 0.340 e. The van der Waals surface area contributed by atoms with Crippen LogP contribution in [0.1, 0.15) is 10.4 Å². The maximum absolute atomic E-state index is 11.6. The summed E-state index contributed by atoms with van der Waals surface area (Å²) >= 11 is 6.81. The van der Waals surface area contributed by atoms with Gasteiger partial charge in [0.05, 0.1) is 24.0 Å². The zero-order valence-corrected chi connectivity index (χ0v) is 13.7. The van der Waals surface area contributed by atoms with E-state index in [0.29, 0.717) is 5.82 Å². The number of nitrogens with two attached hydrogens (primary N) is 1. The molecule has 0 spiro atoms. The van der Waals surface area contributed by atoms with Gasteiger partial charge in [0.1, 0.15) is 0 Å². The van der Waals surface area contributed by atoms with E-state index in [0.717, 1.165) is 14.6 Å². The number of aromatic nitrogens is 1. The number of methoxy groups -OCH3 is 1. The van der Waals surface area contributed by atoms with Gasteiger partial charge in [-0.15, -0.1) is 0 Å². The number of nitrogen functional groups attached to an aromatic ring is 1. The van der Waals surface area contributed by atoms with Crippen LogP contribution in [0.3, 0.4) is 0 Å². The quantitative estimate of drug-likeness (QED) is 0.767. The highest BCUT2D eigenvalue weighted by Gasteiger charge is 2.14. The molecule has 0 amide bonds. The lowest BCUT2D eigenvalue weighted by Crippen LogP contribution is -2.09. The van der Waals surface area contributed by atoms with Gasteiger partial charge in [-0.05, 0) is 40.2 Å². The van der Waals surface area contributed by atoms with Gasteiger partial charge in [-0.3, -0.25) is 0 Å². The predicted molar refractivity (Wildman–Crippen MR) is 85.1 cm³/mol. The minimum atomic E-state index is -0.497. The second-order valence-corrected chi connectivity index (χ2v) is 5.63. The molecule has 7 heteroatoms. The largest absolute Gasteiger partial charge is 0.465 e. The molecule has 1 heterocycles. The molecule has 0 aliphatic heterocycles. The van der Waals surface area contributed by atoms with E-state index < -0.39 is 5.97 Å². The summed E-state index contributed by atoms with van der Waals surface area (Å²) in [5, 5.41) is 3.08. The SMILES string of the molecule is COC(=O)c1ccnc(Nc2ccc(Br)cc2Br)c1N. The predicted octanol–water partition coefficient (Wildman–Crippen LogP) is 3.72. The Kier molecular flexibility index (Phi) is 4.61. The Morgan fingerprint density at radius 2 is 2.10 bits per heavy atom.